The van der Waals surface area contributed by atoms with Crippen molar-refractivity contribution < 1.29 is 13.2 Å². The van der Waals surface area contributed by atoms with E-state index in [1.54, 1.807) is 24.7 Å². The number of piperidine rings is 1. The lowest BCUT2D eigenvalue weighted by Crippen LogP contribution is -2.34. The maximum absolute atomic E-state index is 13.0. The number of aromatic nitrogens is 3. The average Bonchev–Trinajstić information content (AvgIpc) is 2.74. The van der Waals surface area contributed by atoms with E-state index < -0.39 is 11.7 Å². The summed E-state index contributed by atoms with van der Waals surface area (Å²) in [6.07, 6.45) is 4.51. The van der Waals surface area contributed by atoms with Gasteiger partial charge in [-0.3, -0.25) is 14.9 Å². The van der Waals surface area contributed by atoms with Gasteiger partial charge >= 0.3 is 6.18 Å². The van der Waals surface area contributed by atoms with Gasteiger partial charge in [-0.1, -0.05) is 12.1 Å². The van der Waals surface area contributed by atoms with Crippen LogP contribution in [0.2, 0.25) is 0 Å². The molecule has 1 aliphatic heterocycles. The number of hydrogen-bond acceptors (Lipinski definition) is 4. The first kappa shape index (κ1) is 19.5. The summed E-state index contributed by atoms with van der Waals surface area (Å²) in [7, 11) is 0. The summed E-state index contributed by atoms with van der Waals surface area (Å²) in [5.41, 5.74) is 2.27. The Morgan fingerprint density at radius 1 is 1.03 bits per heavy atom. The molecule has 1 saturated heterocycles. The number of alkyl halides is 3. The summed E-state index contributed by atoms with van der Waals surface area (Å²) in [4.78, 5) is 15.4. The molecule has 0 saturated carbocycles. The van der Waals surface area contributed by atoms with Gasteiger partial charge in [0.25, 0.3) is 0 Å². The molecule has 0 N–H and O–H groups in total. The zero-order valence-corrected chi connectivity index (χ0v) is 15.8. The van der Waals surface area contributed by atoms with Crippen molar-refractivity contribution in [2.24, 2.45) is 0 Å². The van der Waals surface area contributed by atoms with Crippen molar-refractivity contribution in [3.63, 3.8) is 0 Å². The van der Waals surface area contributed by atoms with Crippen LogP contribution in [0.15, 0.2) is 61.2 Å². The number of hydrogen-bond donors (Lipinski definition) is 0. The van der Waals surface area contributed by atoms with Crippen molar-refractivity contribution >= 4 is 0 Å². The first-order valence-electron chi connectivity index (χ1n) is 9.60. The summed E-state index contributed by atoms with van der Waals surface area (Å²) in [6, 6.07) is 9.27. The molecule has 4 nitrogen and oxygen atoms in total. The monoisotopic (exact) mass is 398 g/mol. The van der Waals surface area contributed by atoms with E-state index in [1.165, 1.54) is 17.8 Å². The van der Waals surface area contributed by atoms with E-state index in [0.717, 1.165) is 50.3 Å². The van der Waals surface area contributed by atoms with Crippen molar-refractivity contribution in [2.45, 2.75) is 31.5 Å². The Morgan fingerprint density at radius 3 is 2.66 bits per heavy atom. The number of halogens is 3. The molecule has 1 fully saturated rings. The van der Waals surface area contributed by atoms with E-state index in [2.05, 4.69) is 19.9 Å². The SMILES string of the molecule is FC(F)(F)c1cccc(-c2cncc([C@H]3CCCN(Cc4ccncc4)C3)n2)c1. The highest BCUT2D eigenvalue weighted by Crippen LogP contribution is 2.32. The molecule has 3 heterocycles. The number of benzene rings is 1. The van der Waals surface area contributed by atoms with Crippen molar-refractivity contribution in [1.29, 1.82) is 0 Å². The predicted molar refractivity (Wildman–Crippen MR) is 104 cm³/mol. The third-order valence-corrected chi connectivity index (χ3v) is 5.22. The van der Waals surface area contributed by atoms with Crippen LogP contribution in [0.5, 0.6) is 0 Å². The summed E-state index contributed by atoms with van der Waals surface area (Å²) in [6.45, 7) is 2.71. The Bertz CT molecular complexity index is 960. The minimum atomic E-state index is -4.38. The van der Waals surface area contributed by atoms with Crippen molar-refractivity contribution in [3.05, 3.63) is 78.0 Å². The third kappa shape index (κ3) is 4.79. The number of pyridine rings is 1. The fourth-order valence-electron chi connectivity index (χ4n) is 3.76. The Morgan fingerprint density at radius 2 is 1.86 bits per heavy atom. The van der Waals surface area contributed by atoms with Gasteiger partial charge in [-0.25, -0.2) is 4.98 Å². The maximum atomic E-state index is 13.0. The van der Waals surface area contributed by atoms with Crippen LogP contribution in [-0.4, -0.2) is 32.9 Å². The first-order valence-corrected chi connectivity index (χ1v) is 9.60. The molecule has 0 radical (unpaired) electrons. The number of rotatable bonds is 4. The molecular weight excluding hydrogens is 377 g/mol. The van der Waals surface area contributed by atoms with E-state index in [9.17, 15) is 13.2 Å². The van der Waals surface area contributed by atoms with Gasteiger partial charge in [0.2, 0.25) is 0 Å². The Hall–Kier alpha value is -2.80. The van der Waals surface area contributed by atoms with Crippen molar-refractivity contribution in [2.75, 3.05) is 13.1 Å². The summed E-state index contributed by atoms with van der Waals surface area (Å²) < 4.78 is 39.1. The number of likely N-dealkylation sites (tertiary alicyclic amines) is 1. The fraction of sp³-hybridized carbons (Fsp3) is 0.318. The second kappa shape index (κ2) is 8.29. The van der Waals surface area contributed by atoms with Gasteiger partial charge in [0.15, 0.2) is 0 Å². The Kier molecular flexibility index (Phi) is 5.58. The van der Waals surface area contributed by atoms with Gasteiger partial charge in [-0.2, -0.15) is 13.2 Å². The maximum Gasteiger partial charge on any atom is 0.416 e. The van der Waals surface area contributed by atoms with Gasteiger partial charge in [-0.05, 0) is 49.2 Å². The van der Waals surface area contributed by atoms with Crippen LogP contribution in [-0.2, 0) is 12.7 Å². The third-order valence-electron chi connectivity index (χ3n) is 5.22. The molecule has 2 aromatic heterocycles. The van der Waals surface area contributed by atoms with E-state index >= 15 is 0 Å². The lowest BCUT2D eigenvalue weighted by molar-refractivity contribution is -0.137. The molecule has 0 unspecified atom stereocenters. The minimum absolute atomic E-state index is 0.212. The van der Waals surface area contributed by atoms with Crippen LogP contribution in [0.3, 0.4) is 0 Å². The van der Waals surface area contributed by atoms with Crippen LogP contribution in [0, 0.1) is 0 Å². The lowest BCUT2D eigenvalue weighted by atomic mass is 9.94. The molecule has 1 aliphatic rings. The van der Waals surface area contributed by atoms with Crippen LogP contribution >= 0.6 is 0 Å². The molecule has 0 amide bonds. The molecule has 29 heavy (non-hydrogen) atoms. The average molecular weight is 398 g/mol. The molecule has 1 atom stereocenters. The Labute approximate surface area is 167 Å². The zero-order valence-electron chi connectivity index (χ0n) is 15.8. The first-order chi connectivity index (χ1) is 14.0. The van der Waals surface area contributed by atoms with E-state index in [1.807, 2.05) is 12.1 Å². The van der Waals surface area contributed by atoms with Crippen molar-refractivity contribution in [1.82, 2.24) is 19.9 Å². The smallest absolute Gasteiger partial charge is 0.298 e. The molecule has 0 bridgehead atoms. The molecule has 7 heteroatoms. The van der Waals surface area contributed by atoms with Gasteiger partial charge in [-0.15, -0.1) is 0 Å². The van der Waals surface area contributed by atoms with Crippen LogP contribution in [0.25, 0.3) is 11.3 Å². The van der Waals surface area contributed by atoms with E-state index in [4.69, 9.17) is 0 Å². The van der Waals surface area contributed by atoms with Crippen LogP contribution in [0.1, 0.15) is 35.6 Å². The zero-order chi connectivity index (χ0) is 20.3. The minimum Gasteiger partial charge on any atom is -0.298 e. The summed E-state index contributed by atoms with van der Waals surface area (Å²) in [5.74, 6) is 0.212. The lowest BCUT2D eigenvalue weighted by Gasteiger charge is -2.32. The van der Waals surface area contributed by atoms with Gasteiger partial charge in [0.05, 0.1) is 23.1 Å². The topological polar surface area (TPSA) is 41.9 Å². The normalized spacial score (nSPS) is 18.0. The highest BCUT2D eigenvalue weighted by Gasteiger charge is 2.30. The largest absolute Gasteiger partial charge is 0.416 e. The molecule has 0 aliphatic carbocycles. The van der Waals surface area contributed by atoms with Gasteiger partial charge in [0, 0.05) is 43.2 Å². The molecule has 1 aromatic carbocycles. The quantitative estimate of drug-likeness (QED) is 0.625. The predicted octanol–water partition coefficient (Wildman–Crippen LogP) is 4.94. The molecular formula is C22H21F3N4. The summed E-state index contributed by atoms with van der Waals surface area (Å²) in [5, 5.41) is 0. The van der Waals surface area contributed by atoms with Gasteiger partial charge < -0.3 is 0 Å². The van der Waals surface area contributed by atoms with Crippen LogP contribution in [0.4, 0.5) is 13.2 Å². The molecule has 150 valence electrons. The highest BCUT2D eigenvalue weighted by molar-refractivity contribution is 5.59. The molecule has 0 spiro atoms. The second-order valence-corrected chi connectivity index (χ2v) is 7.34. The molecule has 3 aromatic rings. The van der Waals surface area contributed by atoms with Gasteiger partial charge in [0.1, 0.15) is 0 Å². The van der Waals surface area contributed by atoms with Crippen molar-refractivity contribution in [3.8, 4) is 11.3 Å². The standard InChI is InChI=1S/C22H21F3N4/c23-22(24,25)19-5-1-3-17(11-19)20-12-27-13-21(28-20)18-4-2-10-29(15-18)14-16-6-8-26-9-7-16/h1,3,5-9,11-13,18H,2,4,10,14-15H2/t18-/m0/s1. The molecule has 4 rings (SSSR count). The fourth-order valence-corrected chi connectivity index (χ4v) is 3.76. The van der Waals surface area contributed by atoms with E-state index in [0.29, 0.717) is 11.3 Å². The Balaban J connectivity index is 1.53. The highest BCUT2D eigenvalue weighted by atomic mass is 19.4. The second-order valence-electron chi connectivity index (χ2n) is 7.34. The summed E-state index contributed by atoms with van der Waals surface area (Å²) >= 11 is 0. The number of nitrogens with zero attached hydrogens (tertiary/aromatic N) is 4. The van der Waals surface area contributed by atoms with Crippen LogP contribution < -0.4 is 0 Å². The van der Waals surface area contributed by atoms with E-state index in [-0.39, 0.29) is 5.92 Å².